The van der Waals surface area contributed by atoms with Crippen LogP contribution >= 0.6 is 0 Å². The van der Waals surface area contributed by atoms with Gasteiger partial charge in [-0.1, -0.05) is 18.2 Å². The minimum absolute atomic E-state index is 0.0344. The largest absolute Gasteiger partial charge is 0.507 e. The first-order valence-electron chi connectivity index (χ1n) is 10.6. The maximum absolute atomic E-state index is 13.3. The summed E-state index contributed by atoms with van der Waals surface area (Å²) in [5.41, 5.74) is 1.75. The molecule has 172 valence electrons. The van der Waals surface area contributed by atoms with E-state index in [9.17, 15) is 14.7 Å². The normalized spacial score (nSPS) is 17.5. The number of fused-ring (bicyclic) bond motifs is 1. The third-order valence-electron chi connectivity index (χ3n) is 6.02. The van der Waals surface area contributed by atoms with E-state index in [4.69, 9.17) is 13.9 Å². The number of ketones is 1. The molecule has 1 atom stereocenters. The summed E-state index contributed by atoms with van der Waals surface area (Å²) < 4.78 is 16.2. The van der Waals surface area contributed by atoms with E-state index in [1.54, 1.807) is 36.5 Å². The first-order chi connectivity index (χ1) is 16.5. The number of rotatable bonds is 6. The molecule has 1 aliphatic rings. The van der Waals surface area contributed by atoms with E-state index in [1.807, 2.05) is 24.3 Å². The lowest BCUT2D eigenvalue weighted by molar-refractivity contribution is -0.140. The zero-order chi connectivity index (χ0) is 23.8. The van der Waals surface area contributed by atoms with E-state index < -0.39 is 17.7 Å². The van der Waals surface area contributed by atoms with E-state index in [-0.39, 0.29) is 23.4 Å². The molecule has 0 aliphatic carbocycles. The summed E-state index contributed by atoms with van der Waals surface area (Å²) >= 11 is 0. The molecule has 8 nitrogen and oxygen atoms in total. The van der Waals surface area contributed by atoms with Crippen LogP contribution in [-0.4, -0.2) is 40.9 Å². The van der Waals surface area contributed by atoms with Gasteiger partial charge in [0.1, 0.15) is 23.0 Å². The van der Waals surface area contributed by atoms with Crippen LogP contribution in [-0.2, 0) is 16.1 Å². The number of para-hydroxylation sites is 1. The average Bonchev–Trinajstić information content (AvgIpc) is 3.59. The Kier molecular flexibility index (Phi) is 5.33. The lowest BCUT2D eigenvalue weighted by Crippen LogP contribution is -2.29. The third kappa shape index (κ3) is 3.40. The summed E-state index contributed by atoms with van der Waals surface area (Å²) in [6.45, 7) is 0.0633. The number of aliphatic hydroxyl groups is 1. The van der Waals surface area contributed by atoms with Gasteiger partial charge in [0.05, 0.1) is 44.2 Å². The number of ether oxygens (including phenoxy) is 2. The molecule has 2 aromatic heterocycles. The number of methoxy groups -OCH3 is 2. The minimum atomic E-state index is -0.850. The summed E-state index contributed by atoms with van der Waals surface area (Å²) in [5, 5.41) is 12.3. The van der Waals surface area contributed by atoms with Gasteiger partial charge in [-0.15, -0.1) is 0 Å². The Morgan fingerprint density at radius 3 is 2.65 bits per heavy atom. The lowest BCUT2D eigenvalue weighted by atomic mass is 9.94. The fourth-order valence-corrected chi connectivity index (χ4v) is 4.40. The number of furan rings is 1. The van der Waals surface area contributed by atoms with Crippen molar-refractivity contribution < 1.29 is 28.6 Å². The zero-order valence-electron chi connectivity index (χ0n) is 18.6. The number of carbonyl (C=O) groups excluding carboxylic acids is 2. The number of hydrogen-bond acceptors (Lipinski definition) is 6. The molecule has 0 saturated carbocycles. The number of nitrogens with zero attached hydrogens (tertiary/aromatic N) is 1. The summed E-state index contributed by atoms with van der Waals surface area (Å²) in [4.78, 5) is 31.2. The van der Waals surface area contributed by atoms with Crippen LogP contribution < -0.4 is 9.47 Å². The maximum atomic E-state index is 13.3. The van der Waals surface area contributed by atoms with Gasteiger partial charge in [-0.2, -0.15) is 0 Å². The number of Topliss-reactive ketones (excluding diaryl/α,β-unsaturated/α-hetero) is 1. The smallest absolute Gasteiger partial charge is 0.296 e. The molecule has 1 amide bonds. The Hall–Kier alpha value is -4.46. The number of nitrogens with one attached hydrogen (secondary N) is 1. The summed E-state index contributed by atoms with van der Waals surface area (Å²) in [6.07, 6.45) is 3.26. The van der Waals surface area contributed by atoms with Gasteiger partial charge in [-0.05, 0) is 36.4 Å². The fourth-order valence-electron chi connectivity index (χ4n) is 4.40. The molecule has 2 aromatic carbocycles. The standard InChI is InChI=1S/C26H22N2O6/c1-32-15-9-10-21(33-2)18(12-15)24(29)22-23(19-13-27-20-8-4-3-7-17(19)20)28(26(31)25(22)30)14-16-6-5-11-34-16/h3-13,23,27,29H,14H2,1-2H3/b24-22+. The van der Waals surface area contributed by atoms with Crippen molar-refractivity contribution in [2.24, 2.45) is 0 Å². The molecule has 1 aliphatic heterocycles. The minimum Gasteiger partial charge on any atom is -0.507 e. The molecule has 1 fully saturated rings. The number of benzene rings is 2. The SMILES string of the molecule is COc1ccc(OC)c(/C(O)=C2\C(=O)C(=O)N(Cc3ccco3)C2c2c[nH]c3ccccc23)c1. The van der Waals surface area contributed by atoms with Crippen molar-refractivity contribution in [3.05, 3.63) is 89.5 Å². The van der Waals surface area contributed by atoms with E-state index >= 15 is 0 Å². The van der Waals surface area contributed by atoms with Gasteiger partial charge >= 0.3 is 0 Å². The number of carbonyl (C=O) groups is 2. The second-order valence-electron chi connectivity index (χ2n) is 7.86. The van der Waals surface area contributed by atoms with Crippen LogP contribution in [0, 0.1) is 0 Å². The van der Waals surface area contributed by atoms with Gasteiger partial charge in [0, 0.05) is 22.7 Å². The molecular weight excluding hydrogens is 436 g/mol. The van der Waals surface area contributed by atoms with Crippen LogP contribution in [0.25, 0.3) is 16.7 Å². The first-order valence-corrected chi connectivity index (χ1v) is 10.6. The van der Waals surface area contributed by atoms with Crippen molar-refractivity contribution in [2.45, 2.75) is 12.6 Å². The second-order valence-corrected chi connectivity index (χ2v) is 7.86. The highest BCUT2D eigenvalue weighted by Gasteiger charge is 2.47. The van der Waals surface area contributed by atoms with Crippen LogP contribution in [0.15, 0.2) is 77.0 Å². The van der Waals surface area contributed by atoms with Crippen molar-refractivity contribution in [1.82, 2.24) is 9.88 Å². The Balaban J connectivity index is 1.75. The molecule has 0 spiro atoms. The Labute approximate surface area is 195 Å². The van der Waals surface area contributed by atoms with E-state index in [0.717, 1.165) is 10.9 Å². The van der Waals surface area contributed by atoms with Crippen LogP contribution in [0.1, 0.15) is 22.9 Å². The molecule has 4 aromatic rings. The topological polar surface area (TPSA) is 105 Å². The Bertz CT molecular complexity index is 1420. The number of aromatic amines is 1. The van der Waals surface area contributed by atoms with Gasteiger partial charge in [0.15, 0.2) is 0 Å². The van der Waals surface area contributed by atoms with Gasteiger partial charge < -0.3 is 28.9 Å². The number of hydrogen-bond donors (Lipinski definition) is 2. The van der Waals surface area contributed by atoms with E-state index in [2.05, 4.69) is 4.98 Å². The average molecular weight is 458 g/mol. The van der Waals surface area contributed by atoms with Gasteiger partial charge in [0.25, 0.3) is 11.7 Å². The molecule has 0 radical (unpaired) electrons. The summed E-state index contributed by atoms with van der Waals surface area (Å²) in [5.74, 6) is -0.527. The monoisotopic (exact) mass is 458 g/mol. The molecule has 3 heterocycles. The molecular formula is C26H22N2O6. The van der Waals surface area contributed by atoms with Gasteiger partial charge in [-0.25, -0.2) is 0 Å². The van der Waals surface area contributed by atoms with Crippen LogP contribution in [0.4, 0.5) is 0 Å². The van der Waals surface area contributed by atoms with Gasteiger partial charge in [-0.3, -0.25) is 9.59 Å². The van der Waals surface area contributed by atoms with Crippen molar-refractivity contribution in [2.75, 3.05) is 14.2 Å². The Morgan fingerprint density at radius 2 is 1.91 bits per heavy atom. The van der Waals surface area contributed by atoms with E-state index in [1.165, 1.54) is 25.4 Å². The molecule has 8 heteroatoms. The highest BCUT2D eigenvalue weighted by Crippen LogP contribution is 2.44. The molecule has 0 bridgehead atoms. The highest BCUT2D eigenvalue weighted by molar-refractivity contribution is 6.46. The zero-order valence-corrected chi connectivity index (χ0v) is 18.6. The van der Waals surface area contributed by atoms with Crippen molar-refractivity contribution in [1.29, 1.82) is 0 Å². The molecule has 1 unspecified atom stereocenters. The maximum Gasteiger partial charge on any atom is 0.296 e. The highest BCUT2D eigenvalue weighted by atomic mass is 16.5. The Morgan fingerprint density at radius 1 is 1.09 bits per heavy atom. The third-order valence-corrected chi connectivity index (χ3v) is 6.02. The number of aliphatic hydroxyl groups excluding tert-OH is 1. The molecule has 34 heavy (non-hydrogen) atoms. The summed E-state index contributed by atoms with van der Waals surface area (Å²) in [7, 11) is 2.96. The van der Waals surface area contributed by atoms with Crippen LogP contribution in [0.2, 0.25) is 0 Å². The quantitative estimate of drug-likeness (QED) is 0.252. The van der Waals surface area contributed by atoms with Gasteiger partial charge in [0.2, 0.25) is 0 Å². The number of likely N-dealkylation sites (tertiary alicyclic amines) is 1. The number of H-pyrrole nitrogens is 1. The predicted molar refractivity (Wildman–Crippen MR) is 124 cm³/mol. The molecule has 5 rings (SSSR count). The first kappa shape index (κ1) is 21.4. The van der Waals surface area contributed by atoms with Crippen LogP contribution in [0.5, 0.6) is 11.5 Å². The van der Waals surface area contributed by atoms with Crippen molar-refractivity contribution in [3.63, 3.8) is 0 Å². The number of aromatic nitrogens is 1. The predicted octanol–water partition coefficient (Wildman–Crippen LogP) is 4.40. The van der Waals surface area contributed by atoms with E-state index in [0.29, 0.717) is 22.8 Å². The van der Waals surface area contributed by atoms with Crippen molar-refractivity contribution in [3.8, 4) is 11.5 Å². The molecule has 1 saturated heterocycles. The summed E-state index contributed by atoms with van der Waals surface area (Å²) in [6, 6.07) is 15.1. The molecule has 2 N–H and O–H groups in total. The number of amides is 1. The van der Waals surface area contributed by atoms with Crippen molar-refractivity contribution >= 4 is 28.4 Å². The lowest BCUT2D eigenvalue weighted by Gasteiger charge is -2.24. The van der Waals surface area contributed by atoms with Crippen LogP contribution in [0.3, 0.4) is 0 Å². The fraction of sp³-hybridized carbons (Fsp3) is 0.154. The second kappa shape index (κ2) is 8.47.